The molecule has 114 valence electrons. The van der Waals surface area contributed by atoms with Gasteiger partial charge in [-0.05, 0) is 38.8 Å². The van der Waals surface area contributed by atoms with Gasteiger partial charge in [-0.15, -0.1) is 12.4 Å². The van der Waals surface area contributed by atoms with Crippen LogP contribution in [0.25, 0.3) is 0 Å². The molecule has 2 fully saturated rings. The second-order valence-corrected chi connectivity index (χ2v) is 7.17. The summed E-state index contributed by atoms with van der Waals surface area (Å²) in [6.07, 6.45) is 2.95. The van der Waals surface area contributed by atoms with E-state index in [1.54, 1.807) is 0 Å². The molecule has 0 aromatic carbocycles. The second kappa shape index (κ2) is 6.30. The Bertz CT molecular complexity index is 290. The Morgan fingerprint density at radius 2 is 2.00 bits per heavy atom. The van der Waals surface area contributed by atoms with E-state index in [1.165, 1.54) is 32.5 Å². The summed E-state index contributed by atoms with van der Waals surface area (Å²) >= 11 is 0. The molecule has 0 aromatic heterocycles. The SMILES string of the molecule is CCOC1CC(N(C)CC2(C)CCNC2)C1(C)C.Cl. The van der Waals surface area contributed by atoms with E-state index in [1.807, 2.05) is 0 Å². The molecule has 2 aliphatic rings. The minimum Gasteiger partial charge on any atom is -0.378 e. The lowest BCUT2D eigenvalue weighted by Crippen LogP contribution is -2.62. The van der Waals surface area contributed by atoms with E-state index in [2.05, 4.69) is 45.0 Å². The molecule has 0 aromatic rings. The molecule has 2 rings (SSSR count). The number of hydrogen-bond donors (Lipinski definition) is 1. The van der Waals surface area contributed by atoms with Gasteiger partial charge < -0.3 is 15.0 Å². The third-order valence-electron chi connectivity index (χ3n) is 5.11. The summed E-state index contributed by atoms with van der Waals surface area (Å²) in [5, 5.41) is 3.49. The van der Waals surface area contributed by atoms with Crippen LogP contribution in [-0.4, -0.2) is 50.3 Å². The van der Waals surface area contributed by atoms with Gasteiger partial charge in [0, 0.05) is 31.2 Å². The summed E-state index contributed by atoms with van der Waals surface area (Å²) in [5.41, 5.74) is 0.759. The molecule has 0 radical (unpaired) electrons. The van der Waals surface area contributed by atoms with E-state index in [4.69, 9.17) is 4.74 Å². The molecule has 0 bridgehead atoms. The molecule has 4 heteroatoms. The first-order valence-corrected chi connectivity index (χ1v) is 7.41. The van der Waals surface area contributed by atoms with Crippen molar-refractivity contribution in [2.45, 2.75) is 52.7 Å². The van der Waals surface area contributed by atoms with Gasteiger partial charge >= 0.3 is 0 Å². The minimum absolute atomic E-state index is 0. The molecule has 0 amide bonds. The predicted octanol–water partition coefficient (Wildman–Crippen LogP) is 2.54. The van der Waals surface area contributed by atoms with Gasteiger partial charge in [-0.3, -0.25) is 0 Å². The van der Waals surface area contributed by atoms with Crippen molar-refractivity contribution in [2.24, 2.45) is 10.8 Å². The molecular weight excluding hydrogens is 260 g/mol. The van der Waals surface area contributed by atoms with E-state index in [-0.39, 0.29) is 12.4 Å². The van der Waals surface area contributed by atoms with Gasteiger partial charge in [-0.1, -0.05) is 20.8 Å². The maximum absolute atomic E-state index is 5.83. The largest absolute Gasteiger partial charge is 0.378 e. The summed E-state index contributed by atoms with van der Waals surface area (Å²) in [5.74, 6) is 0. The number of halogens is 1. The molecule has 1 saturated heterocycles. The monoisotopic (exact) mass is 290 g/mol. The number of rotatable bonds is 5. The fourth-order valence-corrected chi connectivity index (χ4v) is 3.81. The lowest BCUT2D eigenvalue weighted by Gasteiger charge is -2.56. The van der Waals surface area contributed by atoms with E-state index in [9.17, 15) is 0 Å². The Labute approximate surface area is 124 Å². The molecule has 1 aliphatic carbocycles. The van der Waals surface area contributed by atoms with Crippen LogP contribution in [0.2, 0.25) is 0 Å². The van der Waals surface area contributed by atoms with Crippen molar-refractivity contribution in [3.63, 3.8) is 0 Å². The maximum Gasteiger partial charge on any atom is 0.0655 e. The average Bonchev–Trinajstić information content (AvgIpc) is 2.70. The number of hydrogen-bond acceptors (Lipinski definition) is 3. The topological polar surface area (TPSA) is 24.5 Å². The number of ether oxygens (including phenoxy) is 1. The summed E-state index contributed by atoms with van der Waals surface area (Å²) in [6, 6.07) is 0.673. The van der Waals surface area contributed by atoms with Crippen LogP contribution in [0.15, 0.2) is 0 Å². The Kier molecular flexibility index (Phi) is 5.71. The Morgan fingerprint density at radius 3 is 2.47 bits per heavy atom. The van der Waals surface area contributed by atoms with Crippen LogP contribution >= 0.6 is 12.4 Å². The Morgan fingerprint density at radius 1 is 1.32 bits per heavy atom. The van der Waals surface area contributed by atoms with Crippen LogP contribution in [0, 0.1) is 10.8 Å². The maximum atomic E-state index is 5.83. The standard InChI is InChI=1S/C15H30N2O.ClH/c1-6-18-13-9-12(14(13,2)3)17(5)11-15(4)7-8-16-10-15;/h12-13,16H,6-11H2,1-5H3;1H. The van der Waals surface area contributed by atoms with E-state index in [0.717, 1.165) is 6.61 Å². The summed E-state index contributed by atoms with van der Waals surface area (Å²) in [4.78, 5) is 2.57. The van der Waals surface area contributed by atoms with Crippen molar-refractivity contribution >= 4 is 12.4 Å². The van der Waals surface area contributed by atoms with Crippen LogP contribution in [0.3, 0.4) is 0 Å². The highest BCUT2D eigenvalue weighted by atomic mass is 35.5. The van der Waals surface area contributed by atoms with Gasteiger partial charge in [0.05, 0.1) is 6.10 Å². The fourth-order valence-electron chi connectivity index (χ4n) is 3.81. The molecule has 0 spiro atoms. The van der Waals surface area contributed by atoms with Crippen LogP contribution < -0.4 is 5.32 Å². The van der Waals surface area contributed by atoms with Gasteiger partial charge in [0.2, 0.25) is 0 Å². The van der Waals surface area contributed by atoms with E-state index in [0.29, 0.717) is 23.0 Å². The average molecular weight is 291 g/mol. The van der Waals surface area contributed by atoms with Crippen LogP contribution in [0.1, 0.15) is 40.5 Å². The summed E-state index contributed by atoms with van der Waals surface area (Å²) in [7, 11) is 2.29. The summed E-state index contributed by atoms with van der Waals surface area (Å²) < 4.78 is 5.83. The highest BCUT2D eigenvalue weighted by Gasteiger charge is 2.51. The zero-order chi connectivity index (χ0) is 13.4. The van der Waals surface area contributed by atoms with Crippen molar-refractivity contribution in [2.75, 3.05) is 33.3 Å². The van der Waals surface area contributed by atoms with Crippen molar-refractivity contribution in [1.29, 1.82) is 0 Å². The molecule has 19 heavy (non-hydrogen) atoms. The third kappa shape index (κ3) is 3.44. The second-order valence-electron chi connectivity index (χ2n) is 7.17. The first-order valence-electron chi connectivity index (χ1n) is 7.41. The number of nitrogens with one attached hydrogen (secondary N) is 1. The molecule has 1 heterocycles. The summed E-state index contributed by atoms with van der Waals surface area (Å²) in [6.45, 7) is 13.6. The van der Waals surface area contributed by atoms with Gasteiger partial charge in [-0.25, -0.2) is 0 Å². The molecule has 1 N–H and O–H groups in total. The first kappa shape index (κ1) is 17.2. The van der Waals surface area contributed by atoms with Gasteiger partial charge in [0.1, 0.15) is 0 Å². The first-order chi connectivity index (χ1) is 8.39. The Hall–Kier alpha value is 0.170. The van der Waals surface area contributed by atoms with Crippen molar-refractivity contribution < 1.29 is 4.74 Å². The van der Waals surface area contributed by atoms with Crippen molar-refractivity contribution in [1.82, 2.24) is 10.2 Å². The van der Waals surface area contributed by atoms with Crippen molar-refractivity contribution in [3.8, 4) is 0 Å². The smallest absolute Gasteiger partial charge is 0.0655 e. The van der Waals surface area contributed by atoms with E-state index < -0.39 is 0 Å². The highest BCUT2D eigenvalue weighted by molar-refractivity contribution is 5.85. The third-order valence-corrected chi connectivity index (χ3v) is 5.11. The lowest BCUT2D eigenvalue weighted by molar-refractivity contribution is -0.149. The van der Waals surface area contributed by atoms with Gasteiger partial charge in [0.15, 0.2) is 0 Å². The van der Waals surface area contributed by atoms with Crippen LogP contribution in [-0.2, 0) is 4.74 Å². The molecule has 1 saturated carbocycles. The molecular formula is C15H31ClN2O. The predicted molar refractivity (Wildman–Crippen MR) is 83.1 cm³/mol. The molecule has 3 atom stereocenters. The quantitative estimate of drug-likeness (QED) is 0.842. The van der Waals surface area contributed by atoms with Gasteiger partial charge in [-0.2, -0.15) is 0 Å². The molecule has 3 unspecified atom stereocenters. The number of nitrogens with zero attached hydrogens (tertiary/aromatic N) is 1. The minimum atomic E-state index is 0. The van der Waals surface area contributed by atoms with E-state index >= 15 is 0 Å². The zero-order valence-corrected chi connectivity index (χ0v) is 14.0. The Balaban J connectivity index is 0.00000180. The van der Waals surface area contributed by atoms with Gasteiger partial charge in [0.25, 0.3) is 0 Å². The lowest BCUT2D eigenvalue weighted by atomic mass is 9.63. The fraction of sp³-hybridized carbons (Fsp3) is 1.00. The highest BCUT2D eigenvalue weighted by Crippen LogP contribution is 2.46. The van der Waals surface area contributed by atoms with Crippen LogP contribution in [0.5, 0.6) is 0 Å². The van der Waals surface area contributed by atoms with Crippen molar-refractivity contribution in [3.05, 3.63) is 0 Å². The molecule has 1 aliphatic heterocycles. The zero-order valence-electron chi connectivity index (χ0n) is 13.2. The van der Waals surface area contributed by atoms with Crippen LogP contribution in [0.4, 0.5) is 0 Å². The molecule has 3 nitrogen and oxygen atoms in total. The normalized spacial score (nSPS) is 36.9.